The van der Waals surface area contributed by atoms with E-state index in [1.807, 2.05) is 54.7 Å². The number of aromatic nitrogens is 2. The Morgan fingerprint density at radius 3 is 2.40 bits per heavy atom. The molecule has 200 valence electrons. The molecule has 0 fully saturated rings. The molecule has 0 saturated carbocycles. The van der Waals surface area contributed by atoms with Crippen molar-refractivity contribution in [2.24, 2.45) is 0 Å². The number of aromatic carboxylic acids is 1. The third-order valence-corrected chi connectivity index (χ3v) is 7.05. The lowest BCUT2D eigenvalue weighted by Crippen LogP contribution is -2.00. The van der Waals surface area contributed by atoms with Crippen molar-refractivity contribution in [2.75, 3.05) is 0 Å². The molecule has 0 aliphatic carbocycles. The molecule has 0 bridgehead atoms. The highest BCUT2D eigenvalue weighted by molar-refractivity contribution is 6.36. The van der Waals surface area contributed by atoms with Gasteiger partial charge < -0.3 is 14.4 Å². The number of aryl methyl sites for hydroxylation is 1. The largest absolute Gasteiger partial charge is 0.488 e. The Bertz CT molecular complexity index is 1680. The number of carbonyl (C=O) groups is 1. The van der Waals surface area contributed by atoms with Crippen LogP contribution >= 0.6 is 23.2 Å². The fraction of sp³-hybridized carbons (Fsp3) is 0.0909. The maximum atomic E-state index is 11.2. The van der Waals surface area contributed by atoms with E-state index in [0.29, 0.717) is 22.4 Å². The smallest absolute Gasteiger partial charge is 0.335 e. The molecular formula is C33H26Cl2N2O3. The van der Waals surface area contributed by atoms with Crippen molar-refractivity contribution in [3.05, 3.63) is 130 Å². The number of hydrogen-bond donors (Lipinski definition) is 1. The first-order chi connectivity index (χ1) is 19.4. The van der Waals surface area contributed by atoms with E-state index in [1.54, 1.807) is 36.4 Å². The van der Waals surface area contributed by atoms with Crippen LogP contribution in [0, 0.1) is 0 Å². The maximum Gasteiger partial charge on any atom is 0.335 e. The van der Waals surface area contributed by atoms with Crippen molar-refractivity contribution >= 4 is 41.3 Å². The third-order valence-electron chi connectivity index (χ3n) is 6.50. The van der Waals surface area contributed by atoms with E-state index in [2.05, 4.69) is 29.7 Å². The monoisotopic (exact) mass is 568 g/mol. The van der Waals surface area contributed by atoms with Gasteiger partial charge in [-0.1, -0.05) is 77.8 Å². The van der Waals surface area contributed by atoms with Gasteiger partial charge in [0.05, 0.1) is 16.3 Å². The summed E-state index contributed by atoms with van der Waals surface area (Å²) in [4.78, 5) is 16.1. The molecule has 5 aromatic rings. The molecule has 0 radical (unpaired) electrons. The lowest BCUT2D eigenvalue weighted by molar-refractivity contribution is 0.0697. The van der Waals surface area contributed by atoms with Crippen molar-refractivity contribution in [1.29, 1.82) is 0 Å². The van der Waals surface area contributed by atoms with Crippen LogP contribution in [0.25, 0.3) is 34.5 Å². The van der Waals surface area contributed by atoms with Crippen molar-refractivity contribution in [3.63, 3.8) is 0 Å². The normalized spacial score (nSPS) is 11.2. The van der Waals surface area contributed by atoms with E-state index >= 15 is 0 Å². The second-order valence-corrected chi connectivity index (χ2v) is 9.95. The van der Waals surface area contributed by atoms with E-state index in [1.165, 1.54) is 0 Å². The molecule has 5 rings (SSSR count). The van der Waals surface area contributed by atoms with E-state index in [-0.39, 0.29) is 5.56 Å². The second kappa shape index (κ2) is 12.2. The van der Waals surface area contributed by atoms with Crippen LogP contribution < -0.4 is 4.74 Å². The molecule has 0 aliphatic rings. The van der Waals surface area contributed by atoms with E-state index in [0.717, 1.165) is 45.9 Å². The molecule has 7 heteroatoms. The van der Waals surface area contributed by atoms with Crippen LogP contribution in [-0.4, -0.2) is 20.6 Å². The number of benzene rings is 4. The minimum atomic E-state index is -0.956. The number of imidazole rings is 1. The van der Waals surface area contributed by atoms with Crippen molar-refractivity contribution in [3.8, 4) is 28.1 Å². The van der Waals surface area contributed by atoms with Gasteiger partial charge in [-0.15, -0.1) is 0 Å². The number of carboxylic acids is 1. The summed E-state index contributed by atoms with van der Waals surface area (Å²) in [5, 5.41) is 10.3. The molecule has 0 aliphatic heterocycles. The van der Waals surface area contributed by atoms with Gasteiger partial charge in [0.15, 0.2) is 0 Å². The van der Waals surface area contributed by atoms with Crippen molar-refractivity contribution < 1.29 is 14.6 Å². The van der Waals surface area contributed by atoms with Gasteiger partial charge in [-0.3, -0.25) is 0 Å². The highest BCUT2D eigenvalue weighted by Crippen LogP contribution is 2.34. The third kappa shape index (κ3) is 6.12. The zero-order chi connectivity index (χ0) is 28.1. The van der Waals surface area contributed by atoms with Crippen LogP contribution in [0.2, 0.25) is 10.0 Å². The quantitative estimate of drug-likeness (QED) is 0.192. The van der Waals surface area contributed by atoms with Gasteiger partial charge in [-0.05, 0) is 72.2 Å². The number of nitrogens with zero attached hydrogens (tertiary/aromatic N) is 2. The van der Waals surface area contributed by atoms with Gasteiger partial charge >= 0.3 is 5.97 Å². The number of halogens is 2. The molecule has 0 atom stereocenters. The van der Waals surface area contributed by atoms with E-state index in [4.69, 9.17) is 32.9 Å². The van der Waals surface area contributed by atoms with Gasteiger partial charge in [0.2, 0.25) is 0 Å². The van der Waals surface area contributed by atoms with E-state index in [9.17, 15) is 9.90 Å². The molecule has 0 saturated heterocycles. The Labute approximate surface area is 242 Å². The Balaban J connectivity index is 1.51. The van der Waals surface area contributed by atoms with Gasteiger partial charge in [-0.25, -0.2) is 9.78 Å². The zero-order valence-electron chi connectivity index (χ0n) is 21.7. The molecule has 1 N–H and O–H groups in total. The van der Waals surface area contributed by atoms with Crippen molar-refractivity contribution in [1.82, 2.24) is 9.55 Å². The lowest BCUT2D eigenvalue weighted by atomic mass is 9.98. The highest BCUT2D eigenvalue weighted by atomic mass is 35.5. The number of hydrogen-bond acceptors (Lipinski definition) is 3. The molecule has 0 spiro atoms. The Morgan fingerprint density at radius 1 is 0.925 bits per heavy atom. The molecule has 4 aromatic carbocycles. The summed E-state index contributed by atoms with van der Waals surface area (Å²) >= 11 is 12.6. The summed E-state index contributed by atoms with van der Waals surface area (Å²) in [6, 6.07) is 28.2. The van der Waals surface area contributed by atoms with Gasteiger partial charge in [0.1, 0.15) is 18.2 Å². The maximum absolute atomic E-state index is 11.2. The van der Waals surface area contributed by atoms with Crippen molar-refractivity contribution in [2.45, 2.75) is 20.1 Å². The lowest BCUT2D eigenvalue weighted by Gasteiger charge is -2.14. The van der Waals surface area contributed by atoms with Crippen LogP contribution in [0.1, 0.15) is 34.2 Å². The average Bonchev–Trinajstić information content (AvgIpc) is 3.38. The summed E-state index contributed by atoms with van der Waals surface area (Å²) in [5.41, 5.74) is 5.68. The Morgan fingerprint density at radius 2 is 1.70 bits per heavy atom. The van der Waals surface area contributed by atoms with Crippen LogP contribution in [0.3, 0.4) is 0 Å². The number of ether oxygens (including phenoxy) is 1. The summed E-state index contributed by atoms with van der Waals surface area (Å²) in [6.07, 6.45) is 5.98. The average molecular weight is 569 g/mol. The Kier molecular flexibility index (Phi) is 8.34. The number of carboxylic acid groups (broad SMARTS) is 1. The SMILES string of the molecule is CCn1cc(-c2ccc(Cl)cc2Cl)nc1/C=C/c1c(OCc2ccc(C(=O)O)cc2)cccc1-c1ccccc1. The standard InChI is InChI=1S/C33H26Cl2N2O3/c1-2-37-20-30(28-16-15-25(34)19-29(28)35)36-32(37)18-17-27-26(23-7-4-3-5-8-23)9-6-10-31(27)40-21-22-11-13-24(14-12-22)33(38)39/h3-20H,2,21H2,1H3,(H,38,39)/b18-17+. The molecule has 1 aromatic heterocycles. The highest BCUT2D eigenvalue weighted by Gasteiger charge is 2.13. The molecule has 5 nitrogen and oxygen atoms in total. The van der Waals surface area contributed by atoms with Crippen LogP contribution in [-0.2, 0) is 13.2 Å². The first-order valence-corrected chi connectivity index (χ1v) is 13.5. The zero-order valence-corrected chi connectivity index (χ0v) is 23.2. The van der Waals surface area contributed by atoms with Gasteiger partial charge in [0.25, 0.3) is 0 Å². The fourth-order valence-electron chi connectivity index (χ4n) is 4.42. The molecular weight excluding hydrogens is 543 g/mol. The predicted molar refractivity (Wildman–Crippen MR) is 162 cm³/mol. The molecule has 0 amide bonds. The van der Waals surface area contributed by atoms with E-state index < -0.39 is 5.97 Å². The van der Waals surface area contributed by atoms with Gasteiger partial charge in [0, 0.05) is 28.9 Å². The molecule has 40 heavy (non-hydrogen) atoms. The molecule has 1 heterocycles. The Hall–Kier alpha value is -4.32. The minimum Gasteiger partial charge on any atom is -0.488 e. The van der Waals surface area contributed by atoms with Gasteiger partial charge in [-0.2, -0.15) is 0 Å². The first-order valence-electron chi connectivity index (χ1n) is 12.8. The molecule has 0 unspecified atom stereocenters. The first kappa shape index (κ1) is 27.3. The van der Waals surface area contributed by atoms with Crippen LogP contribution in [0.4, 0.5) is 0 Å². The fourth-order valence-corrected chi connectivity index (χ4v) is 4.92. The summed E-state index contributed by atoms with van der Waals surface area (Å²) < 4.78 is 8.34. The minimum absolute atomic E-state index is 0.240. The van der Waals surface area contributed by atoms with Crippen LogP contribution in [0.15, 0.2) is 97.2 Å². The number of rotatable bonds is 9. The summed E-state index contributed by atoms with van der Waals surface area (Å²) in [6.45, 7) is 3.09. The predicted octanol–water partition coefficient (Wildman–Crippen LogP) is 8.99. The summed E-state index contributed by atoms with van der Waals surface area (Å²) in [7, 11) is 0. The topological polar surface area (TPSA) is 64.4 Å². The van der Waals surface area contributed by atoms with Crippen LogP contribution in [0.5, 0.6) is 5.75 Å². The second-order valence-electron chi connectivity index (χ2n) is 9.10. The summed E-state index contributed by atoms with van der Waals surface area (Å²) in [5.74, 6) is 0.527.